The van der Waals surface area contributed by atoms with Crippen molar-refractivity contribution in [1.82, 2.24) is 14.9 Å². The van der Waals surface area contributed by atoms with Crippen LogP contribution < -0.4 is 4.90 Å². The molecule has 6 heteroatoms. The van der Waals surface area contributed by atoms with Gasteiger partial charge in [0.25, 0.3) is 0 Å². The van der Waals surface area contributed by atoms with Crippen LogP contribution in [0, 0.1) is 0 Å². The van der Waals surface area contributed by atoms with Gasteiger partial charge in [-0.15, -0.1) is 0 Å². The summed E-state index contributed by atoms with van der Waals surface area (Å²) in [5.74, 6) is 1.68. The van der Waals surface area contributed by atoms with E-state index in [1.807, 2.05) is 6.07 Å². The molecule has 1 saturated heterocycles. The van der Waals surface area contributed by atoms with Gasteiger partial charge in [-0.05, 0) is 0 Å². The first-order valence-electron chi connectivity index (χ1n) is 7.03. The van der Waals surface area contributed by atoms with E-state index in [1.165, 1.54) is 0 Å². The third-order valence-electron chi connectivity index (χ3n) is 3.46. The molecule has 0 aliphatic carbocycles. The first-order valence-corrected chi connectivity index (χ1v) is 7.41. The molecule has 0 atom stereocenters. The average Bonchev–Trinajstić information content (AvgIpc) is 2.38. The molecule has 20 heavy (non-hydrogen) atoms. The molecule has 1 N–H and O–H groups in total. The number of hydrogen-bond acceptors (Lipinski definition) is 5. The molecule has 2 rings (SSSR count). The van der Waals surface area contributed by atoms with E-state index in [9.17, 15) is 0 Å². The summed E-state index contributed by atoms with van der Waals surface area (Å²) in [7, 11) is 0. The number of hydrogen-bond donors (Lipinski definition) is 1. The van der Waals surface area contributed by atoms with Crippen LogP contribution in [0.3, 0.4) is 0 Å². The average molecular weight is 299 g/mol. The van der Waals surface area contributed by atoms with Gasteiger partial charge in [-0.1, -0.05) is 32.4 Å². The van der Waals surface area contributed by atoms with E-state index in [2.05, 4.69) is 40.5 Å². The summed E-state index contributed by atoms with van der Waals surface area (Å²) in [5.41, 5.74) is -0.113. The van der Waals surface area contributed by atoms with E-state index in [4.69, 9.17) is 16.7 Å². The number of aliphatic hydroxyl groups is 1. The minimum atomic E-state index is -0.113. The van der Waals surface area contributed by atoms with Gasteiger partial charge in [-0.25, -0.2) is 9.97 Å². The molecule has 1 aromatic rings. The van der Waals surface area contributed by atoms with E-state index in [0.717, 1.165) is 44.4 Å². The minimum Gasteiger partial charge on any atom is -0.395 e. The Bertz CT molecular complexity index is 453. The van der Waals surface area contributed by atoms with E-state index >= 15 is 0 Å². The zero-order chi connectivity index (χ0) is 14.8. The van der Waals surface area contributed by atoms with Crippen molar-refractivity contribution in [2.45, 2.75) is 26.2 Å². The fraction of sp³-hybridized carbons (Fsp3) is 0.714. The van der Waals surface area contributed by atoms with Crippen LogP contribution in [0.1, 0.15) is 26.6 Å². The smallest absolute Gasteiger partial charge is 0.137 e. The molecule has 5 nitrogen and oxygen atoms in total. The molecule has 2 heterocycles. The van der Waals surface area contributed by atoms with Crippen LogP contribution in [0.2, 0.25) is 5.15 Å². The minimum absolute atomic E-state index is 0.113. The molecular formula is C14H23ClN4O. The number of halogens is 1. The third-order valence-corrected chi connectivity index (χ3v) is 3.66. The normalized spacial score (nSPS) is 17.6. The Morgan fingerprint density at radius 3 is 2.40 bits per heavy atom. The highest BCUT2D eigenvalue weighted by Gasteiger charge is 2.22. The Balaban J connectivity index is 2.12. The molecule has 0 unspecified atom stereocenters. The molecular weight excluding hydrogens is 276 g/mol. The summed E-state index contributed by atoms with van der Waals surface area (Å²) in [6.45, 7) is 10.9. The quantitative estimate of drug-likeness (QED) is 0.858. The zero-order valence-corrected chi connectivity index (χ0v) is 13.2. The second-order valence-electron chi connectivity index (χ2n) is 6.17. The van der Waals surface area contributed by atoms with E-state index in [1.54, 1.807) is 0 Å². The first-order chi connectivity index (χ1) is 9.40. The molecule has 1 aliphatic rings. The number of anilines is 1. The lowest BCUT2D eigenvalue weighted by atomic mass is 9.96. The second-order valence-corrected chi connectivity index (χ2v) is 6.56. The molecule has 0 radical (unpaired) electrons. The van der Waals surface area contributed by atoms with Crippen LogP contribution >= 0.6 is 11.6 Å². The van der Waals surface area contributed by atoms with Crippen molar-refractivity contribution >= 4 is 17.4 Å². The van der Waals surface area contributed by atoms with Gasteiger partial charge < -0.3 is 10.0 Å². The van der Waals surface area contributed by atoms with Gasteiger partial charge in [-0.3, -0.25) is 4.90 Å². The van der Waals surface area contributed by atoms with Crippen LogP contribution in [-0.2, 0) is 5.41 Å². The fourth-order valence-corrected chi connectivity index (χ4v) is 2.42. The van der Waals surface area contributed by atoms with Crippen LogP contribution in [-0.4, -0.2) is 59.3 Å². The molecule has 0 amide bonds. The molecule has 1 fully saturated rings. The van der Waals surface area contributed by atoms with Crippen LogP contribution in [0.25, 0.3) is 0 Å². The monoisotopic (exact) mass is 298 g/mol. The van der Waals surface area contributed by atoms with Crippen LogP contribution in [0.15, 0.2) is 6.07 Å². The Hall–Kier alpha value is -0.910. The highest BCUT2D eigenvalue weighted by atomic mass is 35.5. The highest BCUT2D eigenvalue weighted by molar-refractivity contribution is 6.29. The van der Waals surface area contributed by atoms with Crippen molar-refractivity contribution < 1.29 is 5.11 Å². The number of β-amino-alcohol motifs (C(OH)–C–C–N with tert-alkyl or cyclic N) is 1. The van der Waals surface area contributed by atoms with Crippen molar-refractivity contribution in [3.63, 3.8) is 0 Å². The summed E-state index contributed by atoms with van der Waals surface area (Å²) in [6, 6.07) is 1.83. The maximum Gasteiger partial charge on any atom is 0.137 e. The predicted molar refractivity (Wildman–Crippen MR) is 81.5 cm³/mol. The van der Waals surface area contributed by atoms with Crippen LogP contribution in [0.4, 0.5) is 5.82 Å². The summed E-state index contributed by atoms with van der Waals surface area (Å²) in [5, 5.41) is 9.47. The largest absolute Gasteiger partial charge is 0.395 e. The number of aliphatic hydroxyl groups excluding tert-OH is 1. The molecule has 0 spiro atoms. The standard InChI is InChI=1S/C14H23ClN4O/c1-14(2,3)13-16-11(15)10-12(17-13)19-6-4-18(5-7-19)8-9-20/h10,20H,4-9H2,1-3H3. The molecule has 0 aromatic carbocycles. The van der Waals surface area contributed by atoms with Gasteiger partial charge in [0.15, 0.2) is 0 Å². The lowest BCUT2D eigenvalue weighted by Crippen LogP contribution is -2.47. The van der Waals surface area contributed by atoms with Gasteiger partial charge in [-0.2, -0.15) is 0 Å². The molecule has 0 saturated carbocycles. The molecule has 1 aliphatic heterocycles. The highest BCUT2D eigenvalue weighted by Crippen LogP contribution is 2.24. The van der Waals surface area contributed by atoms with Crippen molar-refractivity contribution in [1.29, 1.82) is 0 Å². The van der Waals surface area contributed by atoms with Crippen molar-refractivity contribution in [3.05, 3.63) is 17.0 Å². The number of nitrogens with zero attached hydrogens (tertiary/aromatic N) is 4. The van der Waals surface area contributed by atoms with Crippen LogP contribution in [0.5, 0.6) is 0 Å². The Morgan fingerprint density at radius 1 is 1.20 bits per heavy atom. The van der Waals surface area contributed by atoms with E-state index < -0.39 is 0 Å². The lowest BCUT2D eigenvalue weighted by Gasteiger charge is -2.35. The molecule has 0 bridgehead atoms. The molecule has 112 valence electrons. The fourth-order valence-electron chi connectivity index (χ4n) is 2.25. The topological polar surface area (TPSA) is 52.5 Å². The van der Waals surface area contributed by atoms with Gasteiger partial charge in [0.2, 0.25) is 0 Å². The third kappa shape index (κ3) is 3.81. The van der Waals surface area contributed by atoms with Gasteiger partial charge in [0, 0.05) is 44.2 Å². The summed E-state index contributed by atoms with van der Waals surface area (Å²) >= 11 is 6.13. The van der Waals surface area contributed by atoms with Crippen molar-refractivity contribution in [3.8, 4) is 0 Å². The number of rotatable bonds is 3. The maximum absolute atomic E-state index is 8.97. The molecule has 1 aromatic heterocycles. The Morgan fingerprint density at radius 2 is 1.85 bits per heavy atom. The van der Waals surface area contributed by atoms with Crippen molar-refractivity contribution in [2.24, 2.45) is 0 Å². The maximum atomic E-state index is 8.97. The Labute approximate surface area is 125 Å². The van der Waals surface area contributed by atoms with Crippen molar-refractivity contribution in [2.75, 3.05) is 44.2 Å². The lowest BCUT2D eigenvalue weighted by molar-refractivity contribution is 0.188. The van der Waals surface area contributed by atoms with Gasteiger partial charge >= 0.3 is 0 Å². The van der Waals surface area contributed by atoms with E-state index in [0.29, 0.717) is 5.15 Å². The first kappa shape index (κ1) is 15.5. The van der Waals surface area contributed by atoms with E-state index in [-0.39, 0.29) is 12.0 Å². The predicted octanol–water partition coefficient (Wildman–Crippen LogP) is 1.54. The second kappa shape index (κ2) is 6.24. The zero-order valence-electron chi connectivity index (χ0n) is 12.4. The SMILES string of the molecule is CC(C)(C)c1nc(Cl)cc(N2CCN(CCO)CC2)n1. The van der Waals surface area contributed by atoms with Gasteiger partial charge in [0.05, 0.1) is 6.61 Å². The number of aromatic nitrogens is 2. The number of piperazine rings is 1. The Kier molecular flexibility index (Phi) is 4.83. The summed E-state index contributed by atoms with van der Waals surface area (Å²) < 4.78 is 0. The summed E-state index contributed by atoms with van der Waals surface area (Å²) in [4.78, 5) is 13.5. The van der Waals surface area contributed by atoms with Gasteiger partial charge in [0.1, 0.15) is 16.8 Å². The summed E-state index contributed by atoms with van der Waals surface area (Å²) in [6.07, 6.45) is 0.